The summed E-state index contributed by atoms with van der Waals surface area (Å²) in [6.07, 6.45) is 5.62. The van der Waals surface area contributed by atoms with Crippen LogP contribution >= 0.6 is 0 Å². The number of hydrogen-bond donors (Lipinski definition) is 2. The van der Waals surface area contributed by atoms with Gasteiger partial charge < -0.3 is 14.9 Å². The molecular weight excluding hydrogens is 424 g/mol. The van der Waals surface area contributed by atoms with Gasteiger partial charge in [0.25, 0.3) is 0 Å². The first-order chi connectivity index (χ1) is 16.6. The number of phenolic OH excluding ortho intramolecular Hbond substituents is 2. The maximum atomic E-state index is 10.6. The number of morpholine rings is 1. The number of piperidine rings is 1. The van der Waals surface area contributed by atoms with Crippen molar-refractivity contribution in [1.29, 1.82) is 0 Å². The lowest BCUT2D eigenvalue weighted by molar-refractivity contribution is 0.0339. The molecule has 0 saturated carbocycles. The lowest BCUT2D eigenvalue weighted by Gasteiger charge is -2.27. The molecule has 2 aliphatic rings. The molecule has 0 amide bonds. The van der Waals surface area contributed by atoms with Gasteiger partial charge in [-0.3, -0.25) is 9.80 Å². The molecule has 0 atom stereocenters. The Morgan fingerprint density at radius 3 is 1.65 bits per heavy atom. The first-order valence-corrected chi connectivity index (χ1v) is 13.0. The zero-order chi connectivity index (χ0) is 23.9. The first-order valence-electron chi connectivity index (χ1n) is 13.0. The van der Waals surface area contributed by atoms with Gasteiger partial charge in [0.15, 0.2) is 0 Å². The van der Waals surface area contributed by atoms with Crippen LogP contribution in [0, 0.1) is 0 Å². The van der Waals surface area contributed by atoms with E-state index in [0.29, 0.717) is 11.5 Å². The topological polar surface area (TPSA) is 56.2 Å². The van der Waals surface area contributed by atoms with Gasteiger partial charge in [-0.1, -0.05) is 32.4 Å². The van der Waals surface area contributed by atoms with E-state index < -0.39 is 0 Å². The summed E-state index contributed by atoms with van der Waals surface area (Å²) in [5, 5.41) is 21.1. The van der Waals surface area contributed by atoms with Crippen LogP contribution in [0.3, 0.4) is 0 Å². The molecular formula is C29H40N2O3. The smallest absolute Gasteiger partial charge is 0.120 e. The molecule has 2 aromatic carbocycles. The number of allylic oxidation sites excluding steroid dienone is 2. The van der Waals surface area contributed by atoms with E-state index in [9.17, 15) is 10.2 Å². The lowest BCUT2D eigenvalue weighted by Crippen LogP contribution is -2.35. The number of likely N-dealkylation sites (tertiary alicyclic amines) is 1. The Balaban J connectivity index is 1.64. The van der Waals surface area contributed by atoms with E-state index in [0.717, 1.165) is 76.5 Å². The highest BCUT2D eigenvalue weighted by Crippen LogP contribution is 2.35. The fourth-order valence-corrected chi connectivity index (χ4v) is 5.34. The van der Waals surface area contributed by atoms with Crippen LogP contribution in [0.2, 0.25) is 0 Å². The fraction of sp³-hybridized carbons (Fsp3) is 0.517. The number of nitrogens with zero attached hydrogens (tertiary/aromatic N) is 2. The Morgan fingerprint density at radius 2 is 1.18 bits per heavy atom. The Bertz CT molecular complexity index is 909. The van der Waals surface area contributed by atoms with Gasteiger partial charge in [0.2, 0.25) is 0 Å². The van der Waals surface area contributed by atoms with Gasteiger partial charge in [-0.15, -0.1) is 0 Å². The molecule has 2 aromatic rings. The van der Waals surface area contributed by atoms with Crippen molar-refractivity contribution < 1.29 is 14.9 Å². The summed E-state index contributed by atoms with van der Waals surface area (Å²) in [7, 11) is 0. The van der Waals surface area contributed by atoms with E-state index in [1.807, 2.05) is 18.2 Å². The minimum Gasteiger partial charge on any atom is -0.508 e. The van der Waals surface area contributed by atoms with Gasteiger partial charge in [-0.05, 0) is 85.3 Å². The lowest BCUT2D eigenvalue weighted by atomic mass is 9.89. The minimum absolute atomic E-state index is 0.359. The van der Waals surface area contributed by atoms with Crippen LogP contribution in [-0.2, 0) is 17.8 Å². The third-order valence-corrected chi connectivity index (χ3v) is 7.27. The molecule has 5 nitrogen and oxygen atoms in total. The van der Waals surface area contributed by atoms with Gasteiger partial charge in [-0.25, -0.2) is 0 Å². The number of hydrogen-bond acceptors (Lipinski definition) is 5. The summed E-state index contributed by atoms with van der Waals surface area (Å²) in [5.41, 5.74) is 6.96. The second kappa shape index (κ2) is 11.9. The Morgan fingerprint density at radius 1 is 0.706 bits per heavy atom. The molecule has 2 N–H and O–H groups in total. The largest absolute Gasteiger partial charge is 0.508 e. The molecule has 0 aromatic heterocycles. The zero-order valence-corrected chi connectivity index (χ0v) is 20.9. The highest BCUT2D eigenvalue weighted by atomic mass is 16.5. The summed E-state index contributed by atoms with van der Waals surface area (Å²) < 4.78 is 5.48. The maximum Gasteiger partial charge on any atom is 0.120 e. The number of ether oxygens (including phenoxy) is 1. The van der Waals surface area contributed by atoms with Gasteiger partial charge >= 0.3 is 0 Å². The number of rotatable bonds is 8. The quantitative estimate of drug-likeness (QED) is 0.495. The minimum atomic E-state index is 0.359. The van der Waals surface area contributed by atoms with Crippen LogP contribution in [0.15, 0.2) is 36.4 Å². The second-order valence-electron chi connectivity index (χ2n) is 9.58. The van der Waals surface area contributed by atoms with Crippen molar-refractivity contribution in [2.75, 3.05) is 39.4 Å². The Kier molecular flexibility index (Phi) is 8.65. The number of phenols is 2. The molecule has 184 valence electrons. The van der Waals surface area contributed by atoms with Crippen LogP contribution in [-0.4, -0.2) is 59.4 Å². The van der Waals surface area contributed by atoms with Crippen molar-refractivity contribution in [2.45, 2.75) is 59.0 Å². The number of aromatic hydroxyl groups is 2. The van der Waals surface area contributed by atoms with Crippen molar-refractivity contribution in [1.82, 2.24) is 9.80 Å². The summed E-state index contributed by atoms with van der Waals surface area (Å²) in [6, 6.07) is 12.1. The second-order valence-corrected chi connectivity index (χ2v) is 9.58. The zero-order valence-electron chi connectivity index (χ0n) is 20.9. The summed E-state index contributed by atoms with van der Waals surface area (Å²) in [4.78, 5) is 4.79. The van der Waals surface area contributed by atoms with Gasteiger partial charge in [0.05, 0.1) is 13.2 Å². The molecule has 34 heavy (non-hydrogen) atoms. The predicted octanol–water partition coefficient (Wildman–Crippen LogP) is 5.65. The van der Waals surface area contributed by atoms with Crippen LogP contribution in [0.25, 0.3) is 11.1 Å². The highest BCUT2D eigenvalue weighted by Gasteiger charge is 2.17. The predicted molar refractivity (Wildman–Crippen MR) is 139 cm³/mol. The maximum absolute atomic E-state index is 10.6. The first kappa shape index (κ1) is 24.8. The van der Waals surface area contributed by atoms with Gasteiger partial charge in [0.1, 0.15) is 11.5 Å². The molecule has 0 bridgehead atoms. The van der Waals surface area contributed by atoms with Crippen molar-refractivity contribution in [3.63, 3.8) is 0 Å². The van der Waals surface area contributed by atoms with E-state index in [1.54, 1.807) is 0 Å². The Labute approximate surface area is 204 Å². The Hall–Kier alpha value is -2.34. The third kappa shape index (κ3) is 6.01. The summed E-state index contributed by atoms with van der Waals surface area (Å²) in [5.74, 6) is 0.748. The molecule has 0 unspecified atom stereocenters. The van der Waals surface area contributed by atoms with Crippen molar-refractivity contribution >= 4 is 11.1 Å². The van der Waals surface area contributed by atoms with E-state index in [-0.39, 0.29) is 0 Å². The van der Waals surface area contributed by atoms with Crippen LogP contribution < -0.4 is 0 Å². The molecule has 2 fully saturated rings. The summed E-state index contributed by atoms with van der Waals surface area (Å²) in [6.45, 7) is 11.5. The average molecular weight is 465 g/mol. The SMILES string of the molecule is CC/C(=C(/CC)c1ccc(O)c(CN2CCOCC2)c1)c1ccc(O)c(CN2CCCCC2)c1. The highest BCUT2D eigenvalue weighted by molar-refractivity contribution is 5.91. The summed E-state index contributed by atoms with van der Waals surface area (Å²) >= 11 is 0. The van der Waals surface area contributed by atoms with Crippen LogP contribution in [0.1, 0.15) is 68.2 Å². The molecule has 4 rings (SSSR count). The van der Waals surface area contributed by atoms with E-state index in [2.05, 4.69) is 41.8 Å². The molecule has 5 heteroatoms. The van der Waals surface area contributed by atoms with Gasteiger partial charge in [-0.2, -0.15) is 0 Å². The molecule has 2 aliphatic heterocycles. The standard InChI is InChI=1S/C29H40N2O3/c1-3-26(22-8-10-28(32)24(18-22)20-30-12-6-5-7-13-30)27(4-2)23-9-11-29(33)25(19-23)21-31-14-16-34-17-15-31/h8-11,18-19,32-33H,3-7,12-17,20-21H2,1-2H3/b27-26+. The monoisotopic (exact) mass is 464 g/mol. The molecule has 2 saturated heterocycles. The number of benzene rings is 2. The van der Waals surface area contributed by atoms with E-state index >= 15 is 0 Å². The molecule has 0 aliphatic carbocycles. The van der Waals surface area contributed by atoms with E-state index in [4.69, 9.17) is 4.74 Å². The molecule has 0 radical (unpaired) electrons. The van der Waals surface area contributed by atoms with Crippen molar-refractivity contribution in [3.05, 3.63) is 58.7 Å². The van der Waals surface area contributed by atoms with E-state index in [1.165, 1.54) is 41.5 Å². The van der Waals surface area contributed by atoms with Gasteiger partial charge in [0, 0.05) is 37.3 Å². The fourth-order valence-electron chi connectivity index (χ4n) is 5.34. The molecule has 0 spiro atoms. The van der Waals surface area contributed by atoms with Crippen LogP contribution in [0.5, 0.6) is 11.5 Å². The van der Waals surface area contributed by atoms with Crippen molar-refractivity contribution in [3.8, 4) is 11.5 Å². The van der Waals surface area contributed by atoms with Crippen LogP contribution in [0.4, 0.5) is 0 Å². The van der Waals surface area contributed by atoms with Crippen molar-refractivity contribution in [2.24, 2.45) is 0 Å². The average Bonchev–Trinajstić information content (AvgIpc) is 2.87. The normalized spacial score (nSPS) is 18.6. The third-order valence-electron chi connectivity index (χ3n) is 7.27. The molecule has 2 heterocycles.